The average molecular weight is 159 g/mol. The molecule has 0 atom stereocenters. The van der Waals surface area contributed by atoms with Crippen molar-refractivity contribution in [2.24, 2.45) is 4.99 Å². The van der Waals surface area contributed by atoms with Gasteiger partial charge >= 0.3 is 0 Å². The van der Waals surface area contributed by atoms with Crippen molar-refractivity contribution < 1.29 is 0 Å². The molecule has 0 saturated carbocycles. The Balaban J connectivity index is 3.20. The summed E-state index contributed by atoms with van der Waals surface area (Å²) in [6.07, 6.45) is 4.04. The first-order chi connectivity index (χ1) is 5.77. The van der Waals surface area contributed by atoms with E-state index >= 15 is 0 Å². The summed E-state index contributed by atoms with van der Waals surface area (Å²) in [5.74, 6) is 0. The van der Waals surface area contributed by atoms with Gasteiger partial charge in [0, 0.05) is 5.56 Å². The van der Waals surface area contributed by atoms with E-state index in [2.05, 4.69) is 24.7 Å². The third-order valence-corrected chi connectivity index (χ3v) is 1.70. The predicted octanol–water partition coefficient (Wildman–Crippen LogP) is 3.36. The molecule has 1 aromatic rings. The predicted molar refractivity (Wildman–Crippen MR) is 55.1 cm³/mol. The van der Waals surface area contributed by atoms with Crippen LogP contribution in [0.3, 0.4) is 0 Å². The van der Waals surface area contributed by atoms with Crippen LogP contribution >= 0.6 is 0 Å². The Morgan fingerprint density at radius 1 is 1.42 bits per heavy atom. The average Bonchev–Trinajstić information content (AvgIpc) is 2.05. The third-order valence-electron chi connectivity index (χ3n) is 1.70. The molecule has 0 fully saturated rings. The molecule has 0 saturated heterocycles. The summed E-state index contributed by atoms with van der Waals surface area (Å²) in [6, 6.07) is 6.12. The van der Waals surface area contributed by atoms with Gasteiger partial charge in [-0.1, -0.05) is 23.8 Å². The summed E-state index contributed by atoms with van der Waals surface area (Å²) in [7, 11) is 0. The second-order valence-electron chi connectivity index (χ2n) is 2.72. The van der Waals surface area contributed by atoms with Gasteiger partial charge in [0.15, 0.2) is 0 Å². The number of hydrogen-bond acceptors (Lipinski definition) is 1. The first-order valence-corrected chi connectivity index (χ1v) is 3.98. The molecule has 12 heavy (non-hydrogen) atoms. The highest BCUT2D eigenvalue weighted by Crippen LogP contribution is 2.21. The zero-order valence-electron chi connectivity index (χ0n) is 7.54. The van der Waals surface area contributed by atoms with Crippen molar-refractivity contribution in [2.75, 3.05) is 0 Å². The van der Waals surface area contributed by atoms with Gasteiger partial charge in [-0.3, -0.25) is 4.99 Å². The van der Waals surface area contributed by atoms with Crippen LogP contribution in [0.1, 0.15) is 18.1 Å². The number of hydrogen-bond donors (Lipinski definition) is 0. The Morgan fingerprint density at radius 2 is 2.17 bits per heavy atom. The van der Waals surface area contributed by atoms with Gasteiger partial charge in [0.1, 0.15) is 0 Å². The molecule has 1 rings (SSSR count). The quantitative estimate of drug-likeness (QED) is 0.587. The van der Waals surface area contributed by atoms with Crippen LogP contribution in [0.5, 0.6) is 0 Å². The molecule has 0 heterocycles. The maximum atomic E-state index is 3.93. The number of aliphatic imine (C=N–C) groups is 1. The van der Waals surface area contributed by atoms with Gasteiger partial charge in [-0.05, 0) is 32.7 Å². The molecule has 62 valence electrons. The van der Waals surface area contributed by atoms with Crippen molar-refractivity contribution in [2.45, 2.75) is 13.8 Å². The van der Waals surface area contributed by atoms with Crippen molar-refractivity contribution in [1.29, 1.82) is 0 Å². The Labute approximate surface area is 73.5 Å². The van der Waals surface area contributed by atoms with E-state index in [1.165, 1.54) is 5.56 Å². The zero-order valence-corrected chi connectivity index (χ0v) is 7.54. The summed E-state index contributed by atoms with van der Waals surface area (Å²) in [6.45, 7) is 7.58. The lowest BCUT2D eigenvalue weighted by atomic mass is 10.1. The van der Waals surface area contributed by atoms with Crippen LogP contribution in [-0.4, -0.2) is 6.72 Å². The maximum Gasteiger partial charge on any atom is 0.0694 e. The molecule has 1 aromatic carbocycles. The van der Waals surface area contributed by atoms with E-state index in [0.717, 1.165) is 11.3 Å². The number of benzene rings is 1. The fourth-order valence-electron chi connectivity index (χ4n) is 1.13. The number of rotatable bonds is 2. The minimum Gasteiger partial charge on any atom is -0.264 e. The van der Waals surface area contributed by atoms with Gasteiger partial charge < -0.3 is 0 Å². The minimum atomic E-state index is 0.943. The molecule has 0 N–H and O–H groups in total. The third kappa shape index (κ3) is 1.82. The Bertz CT molecular complexity index is 311. The summed E-state index contributed by atoms with van der Waals surface area (Å²) in [4.78, 5) is 3.93. The molecule has 1 nitrogen and oxygen atoms in total. The molecule has 0 spiro atoms. The standard InChI is InChI=1S/C11H13N/c1-4-5-10-8-9(2)6-7-11(10)12-3/h4-8H,3H2,1-2H3/b5-4-. The van der Waals surface area contributed by atoms with E-state index in [0.29, 0.717) is 0 Å². The van der Waals surface area contributed by atoms with Gasteiger partial charge in [0.2, 0.25) is 0 Å². The molecule has 0 radical (unpaired) electrons. The van der Waals surface area contributed by atoms with Gasteiger partial charge in [-0.2, -0.15) is 0 Å². The van der Waals surface area contributed by atoms with Crippen LogP contribution in [0.4, 0.5) is 5.69 Å². The van der Waals surface area contributed by atoms with Crippen molar-refractivity contribution in [3.8, 4) is 0 Å². The molecule has 0 aromatic heterocycles. The highest BCUT2D eigenvalue weighted by Gasteiger charge is 1.95. The molecular weight excluding hydrogens is 146 g/mol. The largest absolute Gasteiger partial charge is 0.264 e. The van der Waals surface area contributed by atoms with E-state index in [9.17, 15) is 0 Å². The molecule has 0 aliphatic carbocycles. The van der Waals surface area contributed by atoms with Crippen molar-refractivity contribution in [1.82, 2.24) is 0 Å². The van der Waals surface area contributed by atoms with Gasteiger partial charge in [0.25, 0.3) is 0 Å². The summed E-state index contributed by atoms with van der Waals surface area (Å²) in [5.41, 5.74) is 3.32. The smallest absolute Gasteiger partial charge is 0.0694 e. The molecule has 0 amide bonds. The zero-order chi connectivity index (χ0) is 8.97. The Kier molecular flexibility index (Phi) is 2.81. The summed E-state index contributed by atoms with van der Waals surface area (Å²) >= 11 is 0. The highest BCUT2D eigenvalue weighted by molar-refractivity contribution is 5.66. The summed E-state index contributed by atoms with van der Waals surface area (Å²) in [5, 5.41) is 0. The van der Waals surface area contributed by atoms with Crippen LogP contribution in [-0.2, 0) is 0 Å². The molecular formula is C11H13N. The van der Waals surface area contributed by atoms with E-state index < -0.39 is 0 Å². The monoisotopic (exact) mass is 159 g/mol. The number of nitrogens with zero attached hydrogens (tertiary/aromatic N) is 1. The number of allylic oxidation sites excluding steroid dienone is 1. The van der Waals surface area contributed by atoms with Crippen LogP contribution in [0.15, 0.2) is 29.3 Å². The van der Waals surface area contributed by atoms with Crippen LogP contribution in [0.2, 0.25) is 0 Å². The SMILES string of the molecule is C=Nc1ccc(C)cc1/C=C\C. The van der Waals surface area contributed by atoms with Crippen LogP contribution < -0.4 is 0 Å². The maximum absolute atomic E-state index is 3.93. The first-order valence-electron chi connectivity index (χ1n) is 3.98. The molecule has 1 heteroatoms. The van der Waals surface area contributed by atoms with E-state index in [1.54, 1.807) is 0 Å². The van der Waals surface area contributed by atoms with Crippen molar-refractivity contribution in [3.05, 3.63) is 35.4 Å². The van der Waals surface area contributed by atoms with Crippen LogP contribution in [0.25, 0.3) is 6.08 Å². The Morgan fingerprint density at radius 3 is 2.75 bits per heavy atom. The second kappa shape index (κ2) is 3.86. The second-order valence-corrected chi connectivity index (χ2v) is 2.72. The van der Waals surface area contributed by atoms with E-state index in [1.807, 2.05) is 31.2 Å². The lowest BCUT2D eigenvalue weighted by molar-refractivity contribution is 1.42. The van der Waals surface area contributed by atoms with Gasteiger partial charge in [-0.15, -0.1) is 0 Å². The van der Waals surface area contributed by atoms with Crippen molar-refractivity contribution in [3.63, 3.8) is 0 Å². The number of aryl methyl sites for hydroxylation is 1. The fourth-order valence-corrected chi connectivity index (χ4v) is 1.13. The fraction of sp³-hybridized carbons (Fsp3) is 0.182. The highest BCUT2D eigenvalue weighted by atomic mass is 14.7. The first kappa shape index (κ1) is 8.72. The Hall–Kier alpha value is -1.37. The normalized spacial score (nSPS) is 10.5. The minimum absolute atomic E-state index is 0.943. The van der Waals surface area contributed by atoms with Gasteiger partial charge in [-0.25, -0.2) is 0 Å². The topological polar surface area (TPSA) is 12.4 Å². The van der Waals surface area contributed by atoms with E-state index in [-0.39, 0.29) is 0 Å². The summed E-state index contributed by atoms with van der Waals surface area (Å²) < 4.78 is 0. The molecule has 0 bridgehead atoms. The molecule has 0 aliphatic heterocycles. The molecule has 0 unspecified atom stereocenters. The lowest BCUT2D eigenvalue weighted by Gasteiger charge is -2.00. The van der Waals surface area contributed by atoms with Gasteiger partial charge in [0.05, 0.1) is 5.69 Å². The lowest BCUT2D eigenvalue weighted by Crippen LogP contribution is -1.76. The van der Waals surface area contributed by atoms with E-state index in [4.69, 9.17) is 0 Å². The molecule has 0 aliphatic rings. The van der Waals surface area contributed by atoms with Crippen LogP contribution in [0, 0.1) is 6.92 Å². The van der Waals surface area contributed by atoms with Crippen molar-refractivity contribution >= 4 is 18.5 Å².